The first-order chi connectivity index (χ1) is 15.5. The number of ether oxygens (including phenoxy) is 2. The van der Waals surface area contributed by atoms with Gasteiger partial charge in [-0.25, -0.2) is 0 Å². The van der Waals surface area contributed by atoms with Crippen LogP contribution in [0.15, 0.2) is 24.3 Å². The lowest BCUT2D eigenvalue weighted by Crippen LogP contribution is -2.59. The van der Waals surface area contributed by atoms with Crippen molar-refractivity contribution in [1.82, 2.24) is 10.6 Å². The zero-order chi connectivity index (χ0) is 25.4. The predicted octanol–water partition coefficient (Wildman–Crippen LogP) is 4.89. The molecule has 0 atom stereocenters. The van der Waals surface area contributed by atoms with Crippen LogP contribution in [0, 0.1) is 11.8 Å². The highest BCUT2D eigenvalue weighted by atomic mass is 16.5. The number of hydrogen-bond donors (Lipinski definition) is 2. The molecular formula is C28H44N2O4. The van der Waals surface area contributed by atoms with Crippen LogP contribution in [0.25, 0.3) is 0 Å². The number of hydrogen-bond acceptors (Lipinski definition) is 6. The number of esters is 2. The summed E-state index contributed by atoms with van der Waals surface area (Å²) in [6, 6.07) is 7.74. The van der Waals surface area contributed by atoms with Gasteiger partial charge in [-0.15, -0.1) is 0 Å². The van der Waals surface area contributed by atoms with Gasteiger partial charge in [0.25, 0.3) is 0 Å². The molecule has 2 N–H and O–H groups in total. The van der Waals surface area contributed by atoms with E-state index < -0.39 is 0 Å². The van der Waals surface area contributed by atoms with Gasteiger partial charge in [-0.2, -0.15) is 0 Å². The molecule has 0 aromatic heterocycles. The van der Waals surface area contributed by atoms with Crippen LogP contribution >= 0.6 is 0 Å². The maximum Gasteiger partial charge on any atom is 0.309 e. The molecule has 6 nitrogen and oxygen atoms in total. The molecule has 1 aromatic carbocycles. The monoisotopic (exact) mass is 472 g/mol. The van der Waals surface area contributed by atoms with Crippen LogP contribution in [0.1, 0.15) is 92.2 Å². The summed E-state index contributed by atoms with van der Waals surface area (Å²) in [6.07, 6.45) is 3.08. The van der Waals surface area contributed by atoms with Crippen LogP contribution in [0.2, 0.25) is 0 Å². The Morgan fingerprint density at radius 1 is 0.647 bits per heavy atom. The van der Waals surface area contributed by atoms with E-state index in [-0.39, 0.29) is 59.1 Å². The molecule has 0 aliphatic carbocycles. The molecule has 0 saturated carbocycles. The molecule has 2 fully saturated rings. The molecule has 2 saturated heterocycles. The molecule has 2 aliphatic rings. The number of nitrogens with one attached hydrogen (secondary N) is 2. The quantitative estimate of drug-likeness (QED) is 0.574. The molecule has 190 valence electrons. The second-order valence-electron chi connectivity index (χ2n) is 13.0. The first-order valence-electron chi connectivity index (χ1n) is 12.5. The van der Waals surface area contributed by atoms with Crippen molar-refractivity contribution in [2.45, 2.75) is 116 Å². The lowest BCUT2D eigenvalue weighted by atomic mass is 9.76. The molecule has 34 heavy (non-hydrogen) atoms. The predicted molar refractivity (Wildman–Crippen MR) is 134 cm³/mol. The molecule has 0 bridgehead atoms. The Hall–Kier alpha value is -1.92. The molecule has 2 heterocycles. The van der Waals surface area contributed by atoms with E-state index in [1.807, 2.05) is 24.3 Å². The van der Waals surface area contributed by atoms with E-state index in [9.17, 15) is 9.59 Å². The van der Waals surface area contributed by atoms with Crippen LogP contribution in [-0.2, 0) is 32.3 Å². The number of carbonyl (C=O) groups excluding carboxylic acids is 2. The van der Waals surface area contributed by atoms with Gasteiger partial charge in [0, 0.05) is 22.2 Å². The fourth-order valence-electron chi connectivity index (χ4n) is 6.25. The molecule has 2 aliphatic heterocycles. The number of carbonyl (C=O) groups is 2. The van der Waals surface area contributed by atoms with Gasteiger partial charge in [-0.1, -0.05) is 24.3 Å². The van der Waals surface area contributed by atoms with Gasteiger partial charge in [-0.05, 0) is 92.2 Å². The Kier molecular flexibility index (Phi) is 7.55. The minimum absolute atomic E-state index is 0.0931. The molecular weight excluding hydrogens is 428 g/mol. The molecule has 3 rings (SSSR count). The number of benzene rings is 1. The summed E-state index contributed by atoms with van der Waals surface area (Å²) in [4.78, 5) is 25.4. The Labute approximate surface area is 205 Å². The standard InChI is InChI=1S/C28H44N2O4/c1-25(2)13-21(14-26(3,4)29-25)23(31)33-17-19-9-11-20(12-10-19)18-34-24(32)22-15-27(5,6)30-28(7,8)16-22/h9-12,21-22,29-30H,13-18H2,1-8H3. The maximum atomic E-state index is 12.7. The van der Waals surface area contributed by atoms with Crippen LogP contribution < -0.4 is 10.6 Å². The highest BCUT2D eigenvalue weighted by Gasteiger charge is 2.42. The van der Waals surface area contributed by atoms with Crippen molar-refractivity contribution < 1.29 is 19.1 Å². The second-order valence-corrected chi connectivity index (χ2v) is 13.0. The van der Waals surface area contributed by atoms with Gasteiger partial charge >= 0.3 is 11.9 Å². The highest BCUT2D eigenvalue weighted by Crippen LogP contribution is 2.34. The molecule has 0 radical (unpaired) electrons. The van der Waals surface area contributed by atoms with Gasteiger partial charge in [0.2, 0.25) is 0 Å². The fraction of sp³-hybridized carbons (Fsp3) is 0.714. The summed E-state index contributed by atoms with van der Waals surface area (Å²) in [5.41, 5.74) is 1.48. The van der Waals surface area contributed by atoms with Gasteiger partial charge in [0.1, 0.15) is 13.2 Å². The largest absolute Gasteiger partial charge is 0.461 e. The van der Waals surface area contributed by atoms with Crippen LogP contribution in [0.4, 0.5) is 0 Å². The Bertz CT molecular complexity index is 781. The van der Waals surface area contributed by atoms with Crippen molar-refractivity contribution in [3.8, 4) is 0 Å². The summed E-state index contributed by atoms with van der Waals surface area (Å²) < 4.78 is 11.3. The van der Waals surface area contributed by atoms with Crippen molar-refractivity contribution in [3.63, 3.8) is 0 Å². The van der Waals surface area contributed by atoms with E-state index in [4.69, 9.17) is 9.47 Å². The van der Waals surface area contributed by atoms with E-state index in [1.54, 1.807) is 0 Å². The minimum Gasteiger partial charge on any atom is -0.461 e. The van der Waals surface area contributed by atoms with E-state index in [2.05, 4.69) is 66.0 Å². The van der Waals surface area contributed by atoms with Gasteiger partial charge in [0.15, 0.2) is 0 Å². The zero-order valence-electron chi connectivity index (χ0n) is 22.3. The van der Waals surface area contributed by atoms with Crippen molar-refractivity contribution >= 4 is 11.9 Å². The number of rotatable bonds is 6. The van der Waals surface area contributed by atoms with Crippen molar-refractivity contribution in [3.05, 3.63) is 35.4 Å². The van der Waals surface area contributed by atoms with E-state index in [0.717, 1.165) is 36.8 Å². The summed E-state index contributed by atoms with van der Waals surface area (Å²) in [7, 11) is 0. The number of piperidine rings is 2. The van der Waals surface area contributed by atoms with Crippen LogP contribution in [-0.4, -0.2) is 34.1 Å². The Morgan fingerprint density at radius 3 is 1.18 bits per heavy atom. The summed E-state index contributed by atoms with van der Waals surface area (Å²) >= 11 is 0. The third kappa shape index (κ3) is 7.54. The van der Waals surface area contributed by atoms with E-state index in [0.29, 0.717) is 0 Å². The summed E-state index contributed by atoms with van der Waals surface area (Å²) in [5.74, 6) is -0.466. The van der Waals surface area contributed by atoms with Crippen molar-refractivity contribution in [1.29, 1.82) is 0 Å². The molecule has 1 aromatic rings. The average molecular weight is 473 g/mol. The normalized spacial score (nSPS) is 23.8. The second kappa shape index (κ2) is 9.62. The van der Waals surface area contributed by atoms with Gasteiger partial charge in [-0.3, -0.25) is 9.59 Å². The van der Waals surface area contributed by atoms with Gasteiger partial charge < -0.3 is 20.1 Å². The third-order valence-corrected chi connectivity index (χ3v) is 6.83. The first-order valence-corrected chi connectivity index (χ1v) is 12.5. The van der Waals surface area contributed by atoms with Crippen LogP contribution in [0.5, 0.6) is 0 Å². The molecule has 0 spiro atoms. The molecule has 0 unspecified atom stereocenters. The van der Waals surface area contributed by atoms with Crippen LogP contribution in [0.3, 0.4) is 0 Å². The SMILES string of the molecule is CC1(C)CC(C(=O)OCc2ccc(COC(=O)C3CC(C)(C)NC(C)(C)C3)cc2)CC(C)(C)N1. The molecule has 6 heteroatoms. The zero-order valence-corrected chi connectivity index (χ0v) is 22.3. The summed E-state index contributed by atoms with van der Waals surface area (Å²) in [6.45, 7) is 17.6. The lowest BCUT2D eigenvalue weighted by molar-refractivity contribution is -0.154. The third-order valence-electron chi connectivity index (χ3n) is 6.83. The van der Waals surface area contributed by atoms with Crippen molar-refractivity contribution in [2.75, 3.05) is 0 Å². The topological polar surface area (TPSA) is 76.7 Å². The smallest absolute Gasteiger partial charge is 0.309 e. The molecule has 0 amide bonds. The van der Waals surface area contributed by atoms with E-state index in [1.165, 1.54) is 0 Å². The summed E-state index contributed by atoms with van der Waals surface area (Å²) in [5, 5.41) is 7.20. The minimum atomic E-state index is -0.131. The van der Waals surface area contributed by atoms with E-state index >= 15 is 0 Å². The first kappa shape index (κ1) is 26.7. The lowest BCUT2D eigenvalue weighted by Gasteiger charge is -2.45. The van der Waals surface area contributed by atoms with Crippen molar-refractivity contribution in [2.24, 2.45) is 11.8 Å². The Morgan fingerprint density at radius 2 is 0.912 bits per heavy atom. The average Bonchev–Trinajstić information content (AvgIpc) is 2.66. The fourth-order valence-corrected chi connectivity index (χ4v) is 6.25. The highest BCUT2D eigenvalue weighted by molar-refractivity contribution is 5.73. The van der Waals surface area contributed by atoms with Gasteiger partial charge in [0.05, 0.1) is 11.8 Å². The maximum absolute atomic E-state index is 12.7. The Balaban J connectivity index is 1.48.